The van der Waals surface area contributed by atoms with E-state index >= 15 is 0 Å². The number of methoxy groups -OCH3 is 1. The molecule has 1 aromatic heterocycles. The highest BCUT2D eigenvalue weighted by molar-refractivity contribution is 5.79. The number of aromatic nitrogens is 1. The Morgan fingerprint density at radius 1 is 1.23 bits per heavy atom. The van der Waals surface area contributed by atoms with Crippen molar-refractivity contribution < 1.29 is 4.74 Å². The molecule has 140 valence electrons. The Morgan fingerprint density at radius 2 is 2.04 bits per heavy atom. The normalized spacial score (nSPS) is 16.5. The fraction of sp³-hybridized carbons (Fsp3) is 0.476. The third kappa shape index (κ3) is 4.21. The topological polar surface area (TPSA) is 50.6 Å². The van der Waals surface area contributed by atoms with Gasteiger partial charge in [-0.1, -0.05) is 25.0 Å². The van der Waals surface area contributed by atoms with Crippen LogP contribution >= 0.6 is 0 Å². The van der Waals surface area contributed by atoms with E-state index in [9.17, 15) is 0 Å². The molecule has 0 spiro atoms. The van der Waals surface area contributed by atoms with Crippen molar-refractivity contribution in [1.82, 2.24) is 15.2 Å². The Balaban J connectivity index is 1.65. The van der Waals surface area contributed by atoms with Gasteiger partial charge in [-0.2, -0.15) is 0 Å². The monoisotopic (exact) mass is 354 g/mol. The van der Waals surface area contributed by atoms with Crippen LogP contribution in [0.15, 0.2) is 47.7 Å². The first kappa shape index (κ1) is 18.4. The number of ether oxygens (including phenoxy) is 1. The predicted molar refractivity (Wildman–Crippen MR) is 107 cm³/mol. The van der Waals surface area contributed by atoms with Crippen LogP contribution in [-0.4, -0.2) is 31.2 Å². The van der Waals surface area contributed by atoms with Crippen LogP contribution in [-0.2, 0) is 19.0 Å². The molecular formula is C21H30N4O. The molecule has 0 aliphatic heterocycles. The summed E-state index contributed by atoms with van der Waals surface area (Å²) < 4.78 is 7.50. The van der Waals surface area contributed by atoms with Crippen molar-refractivity contribution in [2.45, 2.75) is 37.6 Å². The van der Waals surface area contributed by atoms with Crippen LogP contribution in [0.25, 0.3) is 0 Å². The third-order valence-electron chi connectivity index (χ3n) is 5.41. The first-order valence-electron chi connectivity index (χ1n) is 9.35. The zero-order valence-corrected chi connectivity index (χ0v) is 16.1. The Labute approximate surface area is 156 Å². The molecule has 0 unspecified atom stereocenters. The van der Waals surface area contributed by atoms with Crippen LogP contribution < -0.4 is 15.4 Å². The molecule has 0 amide bonds. The van der Waals surface area contributed by atoms with Gasteiger partial charge in [-0.25, -0.2) is 0 Å². The van der Waals surface area contributed by atoms with Crippen LogP contribution in [0, 0.1) is 0 Å². The molecule has 2 aromatic rings. The van der Waals surface area contributed by atoms with Crippen molar-refractivity contribution in [1.29, 1.82) is 0 Å². The maximum atomic E-state index is 5.44. The fourth-order valence-corrected chi connectivity index (χ4v) is 3.90. The third-order valence-corrected chi connectivity index (χ3v) is 5.41. The van der Waals surface area contributed by atoms with Gasteiger partial charge in [0.2, 0.25) is 0 Å². The predicted octanol–water partition coefficient (Wildman–Crippen LogP) is 3.21. The zero-order chi connectivity index (χ0) is 18.4. The maximum absolute atomic E-state index is 5.44. The van der Waals surface area contributed by atoms with Gasteiger partial charge in [0.05, 0.1) is 7.11 Å². The van der Waals surface area contributed by atoms with Crippen molar-refractivity contribution in [2.75, 3.05) is 20.7 Å². The van der Waals surface area contributed by atoms with Gasteiger partial charge in [-0.3, -0.25) is 4.99 Å². The minimum atomic E-state index is 0.152. The summed E-state index contributed by atoms with van der Waals surface area (Å²) in [6, 6.07) is 10.6. The van der Waals surface area contributed by atoms with E-state index in [0.717, 1.165) is 24.8 Å². The number of nitrogens with zero attached hydrogens (tertiary/aromatic N) is 2. The minimum absolute atomic E-state index is 0.152. The summed E-state index contributed by atoms with van der Waals surface area (Å²) in [6.45, 7) is 1.65. The zero-order valence-electron chi connectivity index (χ0n) is 16.1. The summed E-state index contributed by atoms with van der Waals surface area (Å²) in [5, 5.41) is 6.97. The van der Waals surface area contributed by atoms with E-state index in [-0.39, 0.29) is 5.41 Å². The van der Waals surface area contributed by atoms with E-state index in [1.54, 1.807) is 7.11 Å². The van der Waals surface area contributed by atoms with E-state index in [1.165, 1.54) is 36.8 Å². The van der Waals surface area contributed by atoms with E-state index in [4.69, 9.17) is 4.74 Å². The smallest absolute Gasteiger partial charge is 0.191 e. The number of aliphatic imine (C=N–C) groups is 1. The second-order valence-corrected chi connectivity index (χ2v) is 7.18. The fourth-order valence-electron chi connectivity index (χ4n) is 3.90. The summed E-state index contributed by atoms with van der Waals surface area (Å²) in [4.78, 5) is 4.39. The molecule has 1 heterocycles. The number of benzene rings is 1. The first-order valence-corrected chi connectivity index (χ1v) is 9.35. The average Bonchev–Trinajstić information content (AvgIpc) is 3.32. The lowest BCUT2D eigenvalue weighted by molar-refractivity contribution is 0.404. The lowest BCUT2D eigenvalue weighted by atomic mass is 9.78. The molecule has 0 radical (unpaired) electrons. The van der Waals surface area contributed by atoms with Gasteiger partial charge in [0.25, 0.3) is 0 Å². The van der Waals surface area contributed by atoms with E-state index in [1.807, 2.05) is 20.2 Å². The summed E-state index contributed by atoms with van der Waals surface area (Å²) in [5.74, 6) is 1.78. The van der Waals surface area contributed by atoms with Gasteiger partial charge >= 0.3 is 0 Å². The SMILES string of the molecule is CN=C(NCc1ccn(C)c1)NCC1(c2cccc(OC)c2)CCCC1. The van der Waals surface area contributed by atoms with Gasteiger partial charge in [0, 0.05) is 45.0 Å². The standard InChI is InChI=1S/C21H30N4O/c1-22-20(23-14-17-9-12-25(2)15-17)24-16-21(10-4-5-11-21)18-7-6-8-19(13-18)26-3/h6-9,12-13,15H,4-5,10-11,14,16H2,1-3H3,(H2,22,23,24). The molecule has 5 nitrogen and oxygen atoms in total. The quantitative estimate of drug-likeness (QED) is 0.619. The Morgan fingerprint density at radius 3 is 2.69 bits per heavy atom. The van der Waals surface area contributed by atoms with Gasteiger partial charge in [-0.15, -0.1) is 0 Å². The molecule has 0 saturated heterocycles. The second kappa shape index (κ2) is 8.30. The summed E-state index contributed by atoms with van der Waals surface area (Å²) in [6.07, 6.45) is 9.12. The van der Waals surface area contributed by atoms with E-state index in [2.05, 4.69) is 56.9 Å². The molecule has 5 heteroatoms. The van der Waals surface area contributed by atoms with Crippen LogP contribution in [0.1, 0.15) is 36.8 Å². The lowest BCUT2D eigenvalue weighted by Gasteiger charge is -2.31. The number of guanidine groups is 1. The minimum Gasteiger partial charge on any atom is -0.497 e. The molecular weight excluding hydrogens is 324 g/mol. The highest BCUT2D eigenvalue weighted by atomic mass is 16.5. The largest absolute Gasteiger partial charge is 0.497 e. The van der Waals surface area contributed by atoms with Crippen LogP contribution in [0.2, 0.25) is 0 Å². The van der Waals surface area contributed by atoms with Crippen molar-refractivity contribution >= 4 is 5.96 Å². The molecule has 1 saturated carbocycles. The second-order valence-electron chi connectivity index (χ2n) is 7.18. The van der Waals surface area contributed by atoms with Crippen LogP contribution in [0.3, 0.4) is 0 Å². The van der Waals surface area contributed by atoms with E-state index in [0.29, 0.717) is 0 Å². The van der Waals surface area contributed by atoms with Gasteiger partial charge in [0.15, 0.2) is 5.96 Å². The van der Waals surface area contributed by atoms with Gasteiger partial charge < -0.3 is 19.9 Å². The number of nitrogens with one attached hydrogen (secondary N) is 2. The molecule has 26 heavy (non-hydrogen) atoms. The Bertz CT molecular complexity index is 744. The lowest BCUT2D eigenvalue weighted by Crippen LogP contribution is -2.44. The number of hydrogen-bond acceptors (Lipinski definition) is 2. The molecule has 3 rings (SSSR count). The van der Waals surface area contributed by atoms with E-state index < -0.39 is 0 Å². The molecule has 2 N–H and O–H groups in total. The maximum Gasteiger partial charge on any atom is 0.191 e. The number of hydrogen-bond donors (Lipinski definition) is 2. The summed E-state index contributed by atoms with van der Waals surface area (Å²) in [7, 11) is 5.59. The number of rotatable bonds is 6. The molecule has 1 fully saturated rings. The van der Waals surface area contributed by atoms with Gasteiger partial charge in [-0.05, 0) is 42.2 Å². The molecule has 0 bridgehead atoms. The highest BCUT2D eigenvalue weighted by Crippen LogP contribution is 2.41. The Kier molecular flexibility index (Phi) is 5.86. The molecule has 1 aliphatic rings. The summed E-state index contributed by atoms with van der Waals surface area (Å²) >= 11 is 0. The van der Waals surface area contributed by atoms with Crippen molar-refractivity contribution in [3.63, 3.8) is 0 Å². The van der Waals surface area contributed by atoms with Crippen molar-refractivity contribution in [3.8, 4) is 5.75 Å². The molecule has 0 atom stereocenters. The first-order chi connectivity index (χ1) is 12.6. The van der Waals surface area contributed by atoms with Crippen molar-refractivity contribution in [3.05, 3.63) is 53.9 Å². The molecule has 1 aliphatic carbocycles. The summed E-state index contributed by atoms with van der Waals surface area (Å²) in [5.41, 5.74) is 2.76. The average molecular weight is 354 g/mol. The highest BCUT2D eigenvalue weighted by Gasteiger charge is 2.36. The van der Waals surface area contributed by atoms with Crippen molar-refractivity contribution in [2.24, 2.45) is 12.0 Å². The van der Waals surface area contributed by atoms with Gasteiger partial charge in [0.1, 0.15) is 5.75 Å². The number of aryl methyl sites for hydroxylation is 1. The van der Waals surface area contributed by atoms with Crippen LogP contribution in [0.5, 0.6) is 5.75 Å². The van der Waals surface area contributed by atoms with Crippen LogP contribution in [0.4, 0.5) is 0 Å². The molecule has 1 aromatic carbocycles. The Hall–Kier alpha value is -2.43.